The molecule has 0 saturated carbocycles. The minimum Gasteiger partial charge on any atom is -0.493 e. The van der Waals surface area contributed by atoms with Gasteiger partial charge in [0.15, 0.2) is 5.16 Å². The summed E-state index contributed by atoms with van der Waals surface area (Å²) >= 11 is 3.16. The van der Waals surface area contributed by atoms with Crippen molar-refractivity contribution < 1.29 is 4.74 Å². The fourth-order valence-electron chi connectivity index (χ4n) is 2.24. The number of hydrogen-bond acceptors (Lipinski definition) is 7. The zero-order valence-corrected chi connectivity index (χ0v) is 15.0. The normalized spacial score (nSPS) is 10.7. The first-order chi connectivity index (χ1) is 11.6. The zero-order valence-electron chi connectivity index (χ0n) is 13.4. The Morgan fingerprint density at radius 3 is 2.71 bits per heavy atom. The molecule has 0 atom stereocenters. The summed E-state index contributed by atoms with van der Waals surface area (Å²) in [6.07, 6.45) is 0. The molecule has 1 aromatic carbocycles. The van der Waals surface area contributed by atoms with Crippen LogP contribution >= 0.6 is 23.1 Å². The minimum atomic E-state index is 0.528. The molecule has 0 aliphatic carbocycles. The van der Waals surface area contributed by atoms with Gasteiger partial charge in [-0.2, -0.15) is 5.26 Å². The molecule has 0 saturated heterocycles. The number of thiophene rings is 1. The van der Waals surface area contributed by atoms with Crippen molar-refractivity contribution in [3.8, 4) is 11.8 Å². The largest absolute Gasteiger partial charge is 0.493 e. The van der Waals surface area contributed by atoms with E-state index >= 15 is 0 Å². The summed E-state index contributed by atoms with van der Waals surface area (Å²) < 4.78 is 5.65. The van der Waals surface area contributed by atoms with Crippen molar-refractivity contribution in [3.05, 3.63) is 40.3 Å². The standard InChI is InChI=1S/C17H16N4OS2/c1-10-11(2)24-16-14(10)15(19)20-17(21-16)23-8-7-22-13-5-3-12(9-18)4-6-13/h3-6H,7-8H2,1-2H3,(H2,19,20,21). The second kappa shape index (κ2) is 7.07. The fraction of sp³-hybridized carbons (Fsp3) is 0.235. The topological polar surface area (TPSA) is 84.8 Å². The first kappa shape index (κ1) is 16.6. The van der Waals surface area contributed by atoms with E-state index in [1.165, 1.54) is 16.6 Å². The molecule has 24 heavy (non-hydrogen) atoms. The Morgan fingerprint density at radius 1 is 1.25 bits per heavy atom. The average molecular weight is 356 g/mol. The molecule has 2 N–H and O–H groups in total. The monoisotopic (exact) mass is 356 g/mol. The van der Waals surface area contributed by atoms with E-state index < -0.39 is 0 Å². The molecule has 3 rings (SSSR count). The van der Waals surface area contributed by atoms with Crippen LogP contribution in [0.3, 0.4) is 0 Å². The van der Waals surface area contributed by atoms with Crippen LogP contribution in [0.25, 0.3) is 10.2 Å². The molecule has 2 aromatic heterocycles. The van der Waals surface area contributed by atoms with Gasteiger partial charge in [0.2, 0.25) is 0 Å². The summed E-state index contributed by atoms with van der Waals surface area (Å²) in [5.74, 6) is 2.00. The lowest BCUT2D eigenvalue weighted by Crippen LogP contribution is -2.02. The van der Waals surface area contributed by atoms with Gasteiger partial charge in [0.05, 0.1) is 23.6 Å². The van der Waals surface area contributed by atoms with E-state index in [-0.39, 0.29) is 0 Å². The van der Waals surface area contributed by atoms with Crippen molar-refractivity contribution in [3.63, 3.8) is 0 Å². The number of nitriles is 1. The van der Waals surface area contributed by atoms with Gasteiger partial charge in [-0.05, 0) is 43.7 Å². The van der Waals surface area contributed by atoms with E-state index in [1.54, 1.807) is 35.6 Å². The van der Waals surface area contributed by atoms with Gasteiger partial charge in [-0.15, -0.1) is 11.3 Å². The Balaban J connectivity index is 1.60. The van der Waals surface area contributed by atoms with Crippen molar-refractivity contribution in [1.29, 1.82) is 5.26 Å². The van der Waals surface area contributed by atoms with Crippen LogP contribution in [0, 0.1) is 25.2 Å². The van der Waals surface area contributed by atoms with E-state index in [0.29, 0.717) is 28.9 Å². The molecule has 0 aliphatic rings. The highest BCUT2D eigenvalue weighted by molar-refractivity contribution is 7.99. The number of thioether (sulfide) groups is 1. The quantitative estimate of drug-likeness (QED) is 0.423. The van der Waals surface area contributed by atoms with Crippen LogP contribution in [0.2, 0.25) is 0 Å². The molecular formula is C17H16N4OS2. The SMILES string of the molecule is Cc1sc2nc(SCCOc3ccc(C#N)cc3)nc(N)c2c1C. The van der Waals surface area contributed by atoms with E-state index in [1.807, 2.05) is 6.92 Å². The minimum absolute atomic E-state index is 0.528. The van der Waals surface area contributed by atoms with Crippen LogP contribution in [-0.2, 0) is 0 Å². The lowest BCUT2D eigenvalue weighted by molar-refractivity contribution is 0.344. The smallest absolute Gasteiger partial charge is 0.191 e. The van der Waals surface area contributed by atoms with Crippen LogP contribution in [0.15, 0.2) is 29.4 Å². The highest BCUT2D eigenvalue weighted by Crippen LogP contribution is 2.33. The molecule has 0 fully saturated rings. The van der Waals surface area contributed by atoms with Crippen molar-refractivity contribution >= 4 is 39.1 Å². The molecule has 7 heteroatoms. The summed E-state index contributed by atoms with van der Waals surface area (Å²) in [4.78, 5) is 11.1. The Kier molecular flexibility index (Phi) is 4.88. The van der Waals surface area contributed by atoms with Gasteiger partial charge in [0.25, 0.3) is 0 Å². The summed E-state index contributed by atoms with van der Waals surface area (Å²) in [5.41, 5.74) is 7.86. The number of benzene rings is 1. The maximum Gasteiger partial charge on any atom is 0.191 e. The van der Waals surface area contributed by atoms with Gasteiger partial charge in [-0.25, -0.2) is 9.97 Å². The molecule has 122 valence electrons. The van der Waals surface area contributed by atoms with Gasteiger partial charge >= 0.3 is 0 Å². The highest BCUT2D eigenvalue weighted by atomic mass is 32.2. The molecule has 5 nitrogen and oxygen atoms in total. The molecule has 0 spiro atoms. The van der Waals surface area contributed by atoms with E-state index in [2.05, 4.69) is 23.0 Å². The van der Waals surface area contributed by atoms with Crippen molar-refractivity contribution in [2.45, 2.75) is 19.0 Å². The highest BCUT2D eigenvalue weighted by Gasteiger charge is 2.12. The summed E-state index contributed by atoms with van der Waals surface area (Å²) in [7, 11) is 0. The van der Waals surface area contributed by atoms with Crippen molar-refractivity contribution in [1.82, 2.24) is 9.97 Å². The van der Waals surface area contributed by atoms with Gasteiger partial charge in [0.1, 0.15) is 16.4 Å². The molecule has 3 aromatic rings. The number of aryl methyl sites for hydroxylation is 2. The Bertz CT molecular complexity index is 913. The number of nitrogen functional groups attached to an aromatic ring is 1. The zero-order chi connectivity index (χ0) is 17.1. The molecular weight excluding hydrogens is 340 g/mol. The lowest BCUT2D eigenvalue weighted by atomic mass is 10.2. The second-order valence-electron chi connectivity index (χ2n) is 5.19. The molecule has 0 unspecified atom stereocenters. The fourth-order valence-corrected chi connectivity index (χ4v) is 4.01. The Morgan fingerprint density at radius 2 is 2.00 bits per heavy atom. The Hall–Kier alpha value is -2.30. The number of aromatic nitrogens is 2. The van der Waals surface area contributed by atoms with Crippen molar-refractivity contribution in [2.75, 3.05) is 18.1 Å². The number of fused-ring (bicyclic) bond motifs is 1. The number of anilines is 1. The third-order valence-electron chi connectivity index (χ3n) is 3.60. The van der Waals surface area contributed by atoms with Gasteiger partial charge in [0, 0.05) is 10.6 Å². The van der Waals surface area contributed by atoms with Crippen LogP contribution < -0.4 is 10.5 Å². The molecule has 0 amide bonds. The number of rotatable bonds is 5. The van der Waals surface area contributed by atoms with E-state index in [9.17, 15) is 0 Å². The van der Waals surface area contributed by atoms with Gasteiger partial charge in [-0.3, -0.25) is 0 Å². The second-order valence-corrected chi connectivity index (χ2v) is 7.45. The average Bonchev–Trinajstić information content (AvgIpc) is 2.87. The van der Waals surface area contributed by atoms with Crippen LogP contribution in [-0.4, -0.2) is 22.3 Å². The third kappa shape index (κ3) is 3.45. The van der Waals surface area contributed by atoms with Crippen LogP contribution in [0.1, 0.15) is 16.0 Å². The summed E-state index contributed by atoms with van der Waals surface area (Å²) in [6.45, 7) is 4.64. The van der Waals surface area contributed by atoms with Gasteiger partial charge in [-0.1, -0.05) is 11.8 Å². The third-order valence-corrected chi connectivity index (χ3v) is 5.52. The summed E-state index contributed by atoms with van der Waals surface area (Å²) in [5, 5.41) is 10.4. The molecule has 0 aliphatic heterocycles. The Labute approximate surface area is 148 Å². The van der Waals surface area contributed by atoms with Gasteiger partial charge < -0.3 is 10.5 Å². The first-order valence-corrected chi connectivity index (χ1v) is 9.17. The van der Waals surface area contributed by atoms with E-state index in [0.717, 1.165) is 21.5 Å². The number of nitrogens with two attached hydrogens (primary N) is 1. The summed E-state index contributed by atoms with van der Waals surface area (Å²) in [6, 6.07) is 9.14. The maximum atomic E-state index is 8.77. The van der Waals surface area contributed by atoms with Crippen LogP contribution in [0.5, 0.6) is 5.75 Å². The first-order valence-electron chi connectivity index (χ1n) is 7.37. The number of ether oxygens (including phenoxy) is 1. The predicted octanol–water partition coefficient (Wildman–Crippen LogP) is 3.93. The molecule has 0 bridgehead atoms. The number of hydrogen-bond donors (Lipinski definition) is 1. The number of nitrogens with zero attached hydrogens (tertiary/aromatic N) is 3. The van der Waals surface area contributed by atoms with Crippen LogP contribution in [0.4, 0.5) is 5.82 Å². The van der Waals surface area contributed by atoms with Crippen molar-refractivity contribution in [2.24, 2.45) is 0 Å². The lowest BCUT2D eigenvalue weighted by Gasteiger charge is -2.06. The molecule has 0 radical (unpaired) electrons. The predicted molar refractivity (Wildman–Crippen MR) is 98.7 cm³/mol. The van der Waals surface area contributed by atoms with E-state index in [4.69, 9.17) is 15.7 Å². The molecule has 2 heterocycles. The maximum absolute atomic E-state index is 8.77.